The molecule has 0 aliphatic carbocycles. The van der Waals surface area contributed by atoms with Crippen molar-refractivity contribution < 1.29 is 4.74 Å². The van der Waals surface area contributed by atoms with E-state index in [1.807, 2.05) is 6.92 Å². The van der Waals surface area contributed by atoms with Crippen molar-refractivity contribution in [1.29, 1.82) is 0 Å². The Morgan fingerprint density at radius 2 is 2.21 bits per heavy atom. The normalized spacial score (nSPS) is 17.5. The number of aryl methyl sites for hydroxylation is 1. The van der Waals surface area contributed by atoms with Crippen LogP contribution < -0.4 is 5.32 Å². The highest BCUT2D eigenvalue weighted by Gasteiger charge is 2.20. The number of hydrogen-bond acceptors (Lipinski definition) is 4. The van der Waals surface area contributed by atoms with Crippen LogP contribution in [-0.2, 0) is 11.2 Å². The van der Waals surface area contributed by atoms with Crippen LogP contribution in [0.1, 0.15) is 29.4 Å². The average Bonchev–Trinajstić information content (AvgIpc) is 3.24. The minimum absolute atomic E-state index is 0.404. The van der Waals surface area contributed by atoms with E-state index in [1.54, 1.807) is 0 Å². The van der Waals surface area contributed by atoms with Crippen LogP contribution in [-0.4, -0.2) is 34.7 Å². The lowest BCUT2D eigenvalue weighted by atomic mass is 10.0. The van der Waals surface area contributed by atoms with E-state index in [0.717, 1.165) is 49.9 Å². The summed E-state index contributed by atoms with van der Waals surface area (Å²) < 4.78 is 5.48. The molecule has 3 heterocycles. The fraction of sp³-hybridized carbons (Fsp3) is 0.368. The second kappa shape index (κ2) is 6.61. The molecule has 0 radical (unpaired) electrons. The summed E-state index contributed by atoms with van der Waals surface area (Å²) in [5, 5.41) is 4.74. The lowest BCUT2D eigenvalue weighted by Gasteiger charge is -2.11. The summed E-state index contributed by atoms with van der Waals surface area (Å²) in [6.45, 7) is 4.39. The van der Waals surface area contributed by atoms with Gasteiger partial charge in [0.05, 0.1) is 12.3 Å². The molecule has 0 bridgehead atoms. The fourth-order valence-electron chi connectivity index (χ4n) is 3.32. The third-order valence-electron chi connectivity index (χ3n) is 4.58. The van der Waals surface area contributed by atoms with Crippen LogP contribution in [0.3, 0.4) is 0 Å². The van der Waals surface area contributed by atoms with Gasteiger partial charge in [-0.3, -0.25) is 0 Å². The maximum Gasteiger partial charge on any atom is 0.129 e. The van der Waals surface area contributed by atoms with Crippen molar-refractivity contribution >= 4 is 16.7 Å². The largest absolute Gasteiger partial charge is 0.381 e. The number of para-hydroxylation sites is 1. The molecule has 5 nitrogen and oxygen atoms in total. The van der Waals surface area contributed by atoms with E-state index in [2.05, 4.69) is 56.8 Å². The first-order valence-corrected chi connectivity index (χ1v) is 8.52. The molecule has 5 heteroatoms. The van der Waals surface area contributed by atoms with Gasteiger partial charge in [0.1, 0.15) is 11.6 Å². The van der Waals surface area contributed by atoms with Crippen LogP contribution >= 0.6 is 0 Å². The van der Waals surface area contributed by atoms with Crippen LogP contribution in [0.15, 0.2) is 36.5 Å². The van der Waals surface area contributed by atoms with Gasteiger partial charge in [0.2, 0.25) is 0 Å². The van der Waals surface area contributed by atoms with Crippen molar-refractivity contribution in [2.45, 2.75) is 25.7 Å². The van der Waals surface area contributed by atoms with Crippen molar-refractivity contribution in [3.05, 3.63) is 53.6 Å². The third-order valence-corrected chi connectivity index (χ3v) is 4.58. The number of ether oxygens (including phenoxy) is 1. The predicted molar refractivity (Wildman–Crippen MR) is 95.4 cm³/mol. The molecule has 2 N–H and O–H groups in total. The number of rotatable bonds is 5. The van der Waals surface area contributed by atoms with Gasteiger partial charge < -0.3 is 15.0 Å². The Morgan fingerprint density at radius 3 is 3.08 bits per heavy atom. The molecule has 24 heavy (non-hydrogen) atoms. The van der Waals surface area contributed by atoms with Crippen molar-refractivity contribution in [1.82, 2.24) is 15.0 Å². The van der Waals surface area contributed by atoms with E-state index < -0.39 is 0 Å². The Morgan fingerprint density at radius 1 is 1.29 bits per heavy atom. The summed E-state index contributed by atoms with van der Waals surface area (Å²) in [7, 11) is 0. The summed E-state index contributed by atoms with van der Waals surface area (Å²) >= 11 is 0. The van der Waals surface area contributed by atoms with E-state index in [-0.39, 0.29) is 0 Å². The highest BCUT2D eigenvalue weighted by molar-refractivity contribution is 5.83. The number of nitrogens with one attached hydrogen (secondary N) is 2. The van der Waals surface area contributed by atoms with Crippen LogP contribution in [0.5, 0.6) is 0 Å². The zero-order valence-corrected chi connectivity index (χ0v) is 13.9. The highest BCUT2D eigenvalue weighted by atomic mass is 16.5. The Hall–Kier alpha value is -2.40. The Kier molecular flexibility index (Phi) is 4.17. The van der Waals surface area contributed by atoms with Crippen LogP contribution in [0, 0.1) is 6.92 Å². The van der Waals surface area contributed by atoms with E-state index in [1.165, 1.54) is 16.5 Å². The lowest BCUT2D eigenvalue weighted by molar-refractivity contribution is 0.193. The second-order valence-electron chi connectivity index (χ2n) is 6.32. The molecule has 1 aromatic carbocycles. The van der Waals surface area contributed by atoms with Gasteiger partial charge in [-0.25, -0.2) is 9.97 Å². The topological polar surface area (TPSA) is 62.8 Å². The maximum absolute atomic E-state index is 5.48. The Bertz CT molecular complexity index is 836. The maximum atomic E-state index is 5.48. The van der Waals surface area contributed by atoms with Gasteiger partial charge in [-0.1, -0.05) is 18.2 Å². The Balaban J connectivity index is 1.44. The SMILES string of the molecule is Cc1nc(NCCc2c[nH]c3ccccc23)cc([C@H]2CCOC2)n1. The molecule has 0 unspecified atom stereocenters. The Labute approximate surface area is 141 Å². The number of fused-ring (bicyclic) bond motifs is 1. The summed E-state index contributed by atoms with van der Waals surface area (Å²) in [5.74, 6) is 2.12. The number of benzene rings is 1. The molecule has 1 fully saturated rings. The van der Waals surface area contributed by atoms with Gasteiger partial charge >= 0.3 is 0 Å². The van der Waals surface area contributed by atoms with E-state index in [0.29, 0.717) is 5.92 Å². The van der Waals surface area contributed by atoms with Crippen molar-refractivity contribution in [2.75, 3.05) is 25.1 Å². The molecule has 1 aliphatic heterocycles. The van der Waals surface area contributed by atoms with Gasteiger partial charge in [-0.15, -0.1) is 0 Å². The first-order valence-electron chi connectivity index (χ1n) is 8.52. The molecule has 3 aromatic rings. The molecule has 1 aliphatic rings. The quantitative estimate of drug-likeness (QED) is 0.755. The molecule has 0 saturated carbocycles. The zero-order valence-electron chi connectivity index (χ0n) is 13.9. The van der Waals surface area contributed by atoms with Gasteiger partial charge in [0.15, 0.2) is 0 Å². The minimum atomic E-state index is 0.404. The number of aromatic amines is 1. The molecule has 1 saturated heterocycles. The van der Waals surface area contributed by atoms with Gasteiger partial charge in [-0.2, -0.15) is 0 Å². The smallest absolute Gasteiger partial charge is 0.129 e. The number of hydrogen-bond donors (Lipinski definition) is 2. The number of nitrogens with zero attached hydrogens (tertiary/aromatic N) is 2. The number of anilines is 1. The second-order valence-corrected chi connectivity index (χ2v) is 6.32. The lowest BCUT2D eigenvalue weighted by Crippen LogP contribution is -2.10. The standard InChI is InChI=1S/C19H22N4O/c1-13-22-18(15-7-9-24-12-15)10-19(23-13)20-8-6-14-11-21-17-5-3-2-4-16(14)17/h2-5,10-11,15,21H,6-9,12H2,1H3,(H,20,22,23)/t15-/m0/s1. The molecule has 0 spiro atoms. The zero-order chi connectivity index (χ0) is 16.4. The average molecular weight is 322 g/mol. The molecule has 4 rings (SSSR count). The van der Waals surface area contributed by atoms with E-state index in [4.69, 9.17) is 4.74 Å². The molecule has 124 valence electrons. The molecular formula is C19H22N4O. The molecular weight excluding hydrogens is 300 g/mol. The molecule has 2 aromatic heterocycles. The van der Waals surface area contributed by atoms with Gasteiger partial charge in [-0.05, 0) is 31.4 Å². The fourth-order valence-corrected chi connectivity index (χ4v) is 3.32. The van der Waals surface area contributed by atoms with Crippen LogP contribution in [0.2, 0.25) is 0 Å². The van der Waals surface area contributed by atoms with Gasteiger partial charge in [0.25, 0.3) is 0 Å². The molecule has 1 atom stereocenters. The third kappa shape index (κ3) is 3.12. The van der Waals surface area contributed by atoms with Crippen LogP contribution in [0.25, 0.3) is 10.9 Å². The van der Waals surface area contributed by atoms with Gasteiger partial charge in [0, 0.05) is 42.2 Å². The predicted octanol–water partition coefficient (Wildman–Crippen LogP) is 3.42. The number of H-pyrrole nitrogens is 1. The monoisotopic (exact) mass is 322 g/mol. The summed E-state index contributed by atoms with van der Waals surface area (Å²) in [4.78, 5) is 12.4. The van der Waals surface area contributed by atoms with E-state index >= 15 is 0 Å². The van der Waals surface area contributed by atoms with Crippen molar-refractivity contribution in [3.8, 4) is 0 Å². The molecule has 0 amide bonds. The number of aromatic nitrogens is 3. The minimum Gasteiger partial charge on any atom is -0.381 e. The van der Waals surface area contributed by atoms with Crippen molar-refractivity contribution in [3.63, 3.8) is 0 Å². The summed E-state index contributed by atoms with van der Waals surface area (Å²) in [6, 6.07) is 10.5. The van der Waals surface area contributed by atoms with E-state index in [9.17, 15) is 0 Å². The summed E-state index contributed by atoms with van der Waals surface area (Å²) in [6.07, 6.45) is 4.10. The highest BCUT2D eigenvalue weighted by Crippen LogP contribution is 2.25. The van der Waals surface area contributed by atoms with Crippen LogP contribution in [0.4, 0.5) is 5.82 Å². The first kappa shape index (κ1) is 15.1. The summed E-state index contributed by atoms with van der Waals surface area (Å²) in [5.41, 5.74) is 3.61. The first-order chi connectivity index (χ1) is 11.8. The van der Waals surface area contributed by atoms with Crippen molar-refractivity contribution in [2.24, 2.45) is 0 Å².